The van der Waals surface area contributed by atoms with Crippen LogP contribution in [0.4, 0.5) is 45.6 Å². The summed E-state index contributed by atoms with van der Waals surface area (Å²) < 4.78 is 0. The lowest BCUT2D eigenvalue weighted by Gasteiger charge is -2.31. The van der Waals surface area contributed by atoms with Gasteiger partial charge in [0.15, 0.2) is 0 Å². The number of anilines is 3. The van der Waals surface area contributed by atoms with Gasteiger partial charge in [0, 0.05) is 74.6 Å². The number of pyridine rings is 2. The number of nitrogens with zero attached hydrogens (tertiary/aromatic N) is 9. The SMILES string of the molecule is Nc1ccc(C2=Nc3ccc(N4CCC(O)CC4)cc3C2)cc1[N+](=O)[O-].OC1CCN(c2ccc3c(c2)CC(c2ccc4c(c2)CC(c2ccccn2)=N4)=N3)CC1.[C-]#[N+]c1ccccn1. The number of aromatic nitrogens is 2. The standard InChI is InChI=1S/C26H24N4O.C19H20N4O3.C6H4N2/c31-21-8-11-30(12-9-21)20-5-7-23-19(14-20)15-25(28-23)17-4-6-22-18(13-17)16-26(29-22)24-3-1-2-10-27-24;20-16-3-1-12(11-19(16)23(25)26)18-10-13-9-14(2-4-17(13)21-18)22-7-5-15(24)6-8-22;1-7-6-4-2-3-5-8-6/h1-7,10,13-14,21,31H,8-9,11-12,15-16H2;1-4,9,11,15,24H,5-8,10,20H2;2-5H. The van der Waals surface area contributed by atoms with Crippen molar-refractivity contribution in [2.24, 2.45) is 15.0 Å². The molecule has 0 bridgehead atoms. The zero-order chi connectivity index (χ0) is 44.9. The molecule has 0 atom stereocenters. The average molecular weight is 865 g/mol. The summed E-state index contributed by atoms with van der Waals surface area (Å²) in [4.78, 5) is 41.0. The van der Waals surface area contributed by atoms with Crippen LogP contribution in [0.2, 0.25) is 0 Å². The monoisotopic (exact) mass is 864 g/mol. The predicted molar refractivity (Wildman–Crippen MR) is 256 cm³/mol. The predicted octanol–water partition coefficient (Wildman–Crippen LogP) is 8.84. The van der Waals surface area contributed by atoms with Gasteiger partial charge in [-0.25, -0.2) is 0 Å². The number of nitrogens with two attached hydrogens (primary N) is 1. The van der Waals surface area contributed by atoms with Crippen molar-refractivity contribution in [1.82, 2.24) is 9.97 Å². The van der Waals surface area contributed by atoms with Crippen LogP contribution in [0.5, 0.6) is 0 Å². The van der Waals surface area contributed by atoms with Crippen LogP contribution >= 0.6 is 0 Å². The van der Waals surface area contributed by atoms with Crippen molar-refractivity contribution in [3.8, 4) is 0 Å². The summed E-state index contributed by atoms with van der Waals surface area (Å²) in [6.07, 6.45) is 8.64. The fourth-order valence-electron chi connectivity index (χ4n) is 8.71. The second-order valence-electron chi connectivity index (χ2n) is 16.7. The maximum absolute atomic E-state index is 11.1. The van der Waals surface area contributed by atoms with E-state index < -0.39 is 4.92 Å². The molecule has 14 nitrogen and oxygen atoms in total. The maximum atomic E-state index is 11.1. The first kappa shape index (κ1) is 42.7. The van der Waals surface area contributed by atoms with E-state index in [0.29, 0.717) is 12.2 Å². The van der Waals surface area contributed by atoms with Crippen LogP contribution in [0, 0.1) is 16.7 Å². The molecule has 0 unspecified atom stereocenters. The number of hydrogen-bond donors (Lipinski definition) is 3. The molecular weight excluding hydrogens is 817 g/mol. The van der Waals surface area contributed by atoms with E-state index in [-0.39, 0.29) is 23.6 Å². The van der Waals surface area contributed by atoms with E-state index in [0.717, 1.165) is 121 Å². The fraction of sp³-hybridized carbons (Fsp3) is 0.255. The molecule has 11 rings (SSSR count). The van der Waals surface area contributed by atoms with Gasteiger partial charge in [0.2, 0.25) is 0 Å². The summed E-state index contributed by atoms with van der Waals surface area (Å²) in [6, 6.07) is 35.3. The summed E-state index contributed by atoms with van der Waals surface area (Å²) in [6.45, 7) is 10.0. The number of nitrogen functional groups attached to an aromatic ring is 1. The molecule has 326 valence electrons. The maximum Gasteiger partial charge on any atom is 0.292 e. The Bertz CT molecular complexity index is 2860. The van der Waals surface area contributed by atoms with Crippen LogP contribution in [0.15, 0.2) is 137 Å². The van der Waals surface area contributed by atoms with Gasteiger partial charge in [0.1, 0.15) is 11.9 Å². The average Bonchev–Trinajstić information content (AvgIpc) is 4.10. The van der Waals surface area contributed by atoms with E-state index >= 15 is 0 Å². The lowest BCUT2D eigenvalue weighted by Crippen LogP contribution is -2.35. The van der Waals surface area contributed by atoms with Gasteiger partial charge in [0.25, 0.3) is 11.5 Å². The molecule has 0 amide bonds. The van der Waals surface area contributed by atoms with Crippen LogP contribution in [-0.2, 0) is 19.3 Å². The van der Waals surface area contributed by atoms with Crippen molar-refractivity contribution < 1.29 is 15.1 Å². The molecule has 2 saturated heterocycles. The van der Waals surface area contributed by atoms with Gasteiger partial charge in [-0.3, -0.25) is 30.1 Å². The Morgan fingerprint density at radius 3 is 1.62 bits per heavy atom. The number of rotatable bonds is 6. The van der Waals surface area contributed by atoms with Crippen LogP contribution < -0.4 is 15.5 Å². The highest BCUT2D eigenvalue weighted by Gasteiger charge is 2.25. The van der Waals surface area contributed by atoms with Gasteiger partial charge < -0.3 is 30.6 Å². The lowest BCUT2D eigenvalue weighted by atomic mass is 9.99. The topological polar surface area (TPSA) is 183 Å². The normalized spacial score (nSPS) is 16.4. The summed E-state index contributed by atoms with van der Waals surface area (Å²) in [5.74, 6) is 0.451. The number of nitro groups is 1. The Hall–Kier alpha value is -7.60. The number of nitro benzene ring substituents is 1. The van der Waals surface area contributed by atoms with Crippen LogP contribution in [-0.4, -0.2) is 80.6 Å². The Kier molecular flexibility index (Phi) is 12.5. The van der Waals surface area contributed by atoms with E-state index in [9.17, 15) is 20.3 Å². The first-order valence-electron chi connectivity index (χ1n) is 21.9. The number of hydrogen-bond acceptors (Lipinski definition) is 12. The van der Waals surface area contributed by atoms with Crippen molar-refractivity contribution >= 4 is 62.8 Å². The third-order valence-corrected chi connectivity index (χ3v) is 12.3. The zero-order valence-corrected chi connectivity index (χ0v) is 35.8. The molecule has 5 aliphatic heterocycles. The van der Waals surface area contributed by atoms with Crippen molar-refractivity contribution in [3.05, 3.63) is 177 Å². The van der Waals surface area contributed by atoms with Gasteiger partial charge in [-0.05, 0) is 127 Å². The van der Waals surface area contributed by atoms with Gasteiger partial charge in [-0.15, -0.1) is 4.98 Å². The van der Waals surface area contributed by atoms with Crippen molar-refractivity contribution in [2.75, 3.05) is 41.7 Å². The molecular formula is C51H48N10O4. The number of aliphatic hydroxyl groups is 2. The fourth-order valence-corrected chi connectivity index (χ4v) is 8.71. The van der Waals surface area contributed by atoms with Crippen molar-refractivity contribution in [2.45, 2.75) is 57.2 Å². The summed E-state index contributed by atoms with van der Waals surface area (Å²) >= 11 is 0. The Morgan fingerprint density at radius 2 is 1.11 bits per heavy atom. The molecule has 4 aromatic carbocycles. The Balaban J connectivity index is 0.000000142. The molecule has 0 radical (unpaired) electrons. The summed E-state index contributed by atoms with van der Waals surface area (Å²) in [7, 11) is 0. The quantitative estimate of drug-likeness (QED) is 0.0637. The number of aliphatic hydroxyl groups excluding tert-OH is 2. The van der Waals surface area contributed by atoms with E-state index in [1.807, 2.05) is 30.5 Å². The minimum Gasteiger partial charge on any atom is -0.393 e. The molecule has 0 saturated carbocycles. The van der Waals surface area contributed by atoms with E-state index in [1.165, 1.54) is 28.4 Å². The molecule has 5 aliphatic rings. The second kappa shape index (κ2) is 19.0. The molecule has 0 aliphatic carbocycles. The van der Waals surface area contributed by atoms with E-state index in [1.54, 1.807) is 36.5 Å². The van der Waals surface area contributed by atoms with Crippen LogP contribution in [0.1, 0.15) is 59.2 Å². The molecule has 6 aromatic rings. The van der Waals surface area contributed by atoms with E-state index in [2.05, 4.69) is 78.1 Å². The summed E-state index contributed by atoms with van der Waals surface area (Å²) in [5.41, 5.74) is 20.6. The third kappa shape index (κ3) is 9.82. The Labute approximate surface area is 377 Å². The molecule has 7 heterocycles. The Morgan fingerprint density at radius 1 is 0.615 bits per heavy atom. The smallest absolute Gasteiger partial charge is 0.292 e. The minimum atomic E-state index is -0.468. The van der Waals surface area contributed by atoms with Gasteiger partial charge >= 0.3 is 0 Å². The summed E-state index contributed by atoms with van der Waals surface area (Å²) in [5, 5.41) is 30.6. The largest absolute Gasteiger partial charge is 0.393 e. The highest BCUT2D eigenvalue weighted by molar-refractivity contribution is 6.09. The lowest BCUT2D eigenvalue weighted by molar-refractivity contribution is -0.383. The highest BCUT2D eigenvalue weighted by atomic mass is 16.6. The number of piperidine rings is 2. The molecule has 0 spiro atoms. The zero-order valence-electron chi connectivity index (χ0n) is 35.8. The number of aliphatic imine (C=N–C) groups is 3. The van der Waals surface area contributed by atoms with Crippen molar-refractivity contribution in [1.29, 1.82) is 0 Å². The third-order valence-electron chi connectivity index (χ3n) is 12.3. The second-order valence-corrected chi connectivity index (χ2v) is 16.7. The van der Waals surface area contributed by atoms with Gasteiger partial charge in [-0.2, -0.15) is 0 Å². The van der Waals surface area contributed by atoms with Crippen LogP contribution in [0.25, 0.3) is 4.85 Å². The molecule has 4 N–H and O–H groups in total. The molecule has 2 fully saturated rings. The first-order valence-corrected chi connectivity index (χ1v) is 21.9. The molecule has 14 heteroatoms. The number of fused-ring (bicyclic) bond motifs is 3. The highest BCUT2D eigenvalue weighted by Crippen LogP contribution is 2.37. The number of benzene rings is 4. The minimum absolute atomic E-state index is 0.0891. The van der Waals surface area contributed by atoms with Gasteiger partial charge in [0.05, 0.1) is 57.0 Å². The van der Waals surface area contributed by atoms with Crippen LogP contribution in [0.3, 0.4) is 0 Å². The van der Waals surface area contributed by atoms with Gasteiger partial charge in [-0.1, -0.05) is 30.8 Å². The molecule has 2 aromatic heterocycles. The molecule has 65 heavy (non-hydrogen) atoms. The van der Waals surface area contributed by atoms with Crippen molar-refractivity contribution in [3.63, 3.8) is 0 Å². The first-order chi connectivity index (χ1) is 31.7. The van der Waals surface area contributed by atoms with E-state index in [4.69, 9.17) is 22.3 Å².